The van der Waals surface area contributed by atoms with Gasteiger partial charge in [0.25, 0.3) is 5.91 Å². The number of carbonyl (C=O) groups excluding carboxylic acids is 1. The third-order valence-electron chi connectivity index (χ3n) is 7.06. The van der Waals surface area contributed by atoms with Crippen LogP contribution in [0.5, 0.6) is 0 Å². The second kappa shape index (κ2) is 7.40. The summed E-state index contributed by atoms with van der Waals surface area (Å²) in [6.45, 7) is 4.80. The van der Waals surface area contributed by atoms with Crippen molar-refractivity contribution in [2.24, 2.45) is 5.41 Å². The van der Waals surface area contributed by atoms with Gasteiger partial charge < -0.3 is 15.1 Å². The molecule has 0 bridgehead atoms. The van der Waals surface area contributed by atoms with Gasteiger partial charge in [-0.25, -0.2) is 0 Å². The molecule has 1 aromatic carbocycles. The number of halogens is 1. The van der Waals surface area contributed by atoms with Crippen molar-refractivity contribution in [1.82, 2.24) is 10.2 Å². The molecule has 1 amide bonds. The van der Waals surface area contributed by atoms with Crippen LogP contribution in [0.4, 0.5) is 5.69 Å². The summed E-state index contributed by atoms with van der Waals surface area (Å²) in [4.78, 5) is 17.0. The highest BCUT2D eigenvalue weighted by atomic mass is 35.5. The second-order valence-electron chi connectivity index (χ2n) is 8.35. The van der Waals surface area contributed by atoms with Gasteiger partial charge in [0.2, 0.25) is 0 Å². The number of hydrogen-bond donors (Lipinski definition) is 1. The van der Waals surface area contributed by atoms with Gasteiger partial charge in [0, 0.05) is 31.9 Å². The highest BCUT2D eigenvalue weighted by Gasteiger charge is 2.39. The minimum Gasteiger partial charge on any atom is -0.371 e. The van der Waals surface area contributed by atoms with Crippen LogP contribution in [0.15, 0.2) is 18.2 Å². The quantitative estimate of drug-likeness (QED) is 0.869. The zero-order chi connectivity index (χ0) is 18.1. The Bertz CT molecular complexity index is 655. The van der Waals surface area contributed by atoms with Gasteiger partial charge in [-0.05, 0) is 75.2 Å². The van der Waals surface area contributed by atoms with Gasteiger partial charge in [-0.3, -0.25) is 4.79 Å². The van der Waals surface area contributed by atoms with Crippen LogP contribution < -0.4 is 10.2 Å². The van der Waals surface area contributed by atoms with Gasteiger partial charge in [-0.15, -0.1) is 0 Å². The Morgan fingerprint density at radius 1 is 1.12 bits per heavy atom. The van der Waals surface area contributed by atoms with Crippen molar-refractivity contribution >= 4 is 23.2 Å². The van der Waals surface area contributed by atoms with Crippen LogP contribution in [0.2, 0.25) is 5.02 Å². The number of anilines is 1. The number of likely N-dealkylation sites (tertiary alicyclic amines) is 1. The second-order valence-corrected chi connectivity index (χ2v) is 8.76. The predicted molar refractivity (Wildman–Crippen MR) is 107 cm³/mol. The van der Waals surface area contributed by atoms with Crippen molar-refractivity contribution in [2.75, 3.05) is 38.1 Å². The van der Waals surface area contributed by atoms with Crippen molar-refractivity contribution in [1.29, 1.82) is 0 Å². The van der Waals surface area contributed by atoms with E-state index in [1.165, 1.54) is 58.0 Å². The fourth-order valence-corrected chi connectivity index (χ4v) is 5.13. The molecule has 4 rings (SSSR count). The number of benzene rings is 1. The molecule has 5 heteroatoms. The first-order valence-corrected chi connectivity index (χ1v) is 10.5. The molecule has 0 aromatic heterocycles. The molecule has 1 spiro atoms. The van der Waals surface area contributed by atoms with E-state index in [9.17, 15) is 4.79 Å². The highest BCUT2D eigenvalue weighted by Crippen LogP contribution is 2.43. The van der Waals surface area contributed by atoms with Crippen LogP contribution in [0.3, 0.4) is 0 Å². The van der Waals surface area contributed by atoms with Crippen molar-refractivity contribution < 1.29 is 4.79 Å². The van der Waals surface area contributed by atoms with Crippen LogP contribution >= 0.6 is 11.6 Å². The van der Waals surface area contributed by atoms with Crippen LogP contribution in [-0.2, 0) is 0 Å². The zero-order valence-corrected chi connectivity index (χ0v) is 16.5. The number of amides is 1. The SMILES string of the molecule is CNC(=O)c1ccc(N2CCC3(CC2)CCN(C2CCC2)CC3)cc1Cl. The Balaban J connectivity index is 1.35. The van der Waals surface area contributed by atoms with Crippen LogP contribution in [0.25, 0.3) is 0 Å². The number of nitrogens with zero attached hydrogens (tertiary/aromatic N) is 2. The van der Waals surface area contributed by atoms with E-state index in [0.717, 1.165) is 24.8 Å². The fraction of sp³-hybridized carbons (Fsp3) is 0.667. The predicted octanol–water partition coefficient (Wildman–Crippen LogP) is 3.93. The lowest BCUT2D eigenvalue weighted by atomic mass is 9.70. The molecule has 1 N–H and O–H groups in total. The minimum absolute atomic E-state index is 0.127. The molecule has 3 aliphatic rings. The third-order valence-corrected chi connectivity index (χ3v) is 7.38. The van der Waals surface area contributed by atoms with Crippen LogP contribution in [0.1, 0.15) is 55.3 Å². The first-order chi connectivity index (χ1) is 12.6. The molecular weight excluding hydrogens is 346 g/mol. The third kappa shape index (κ3) is 3.46. The van der Waals surface area contributed by atoms with Crippen LogP contribution in [-0.4, -0.2) is 50.1 Å². The first-order valence-electron chi connectivity index (χ1n) is 10.1. The fourth-order valence-electron chi connectivity index (χ4n) is 4.87. The standard InChI is InChI=1S/C21H30ClN3O/c1-23-20(26)18-6-5-17(15-19(18)22)25-13-9-21(10-14-25)7-11-24(12-8-21)16-3-2-4-16/h5-6,15-16H,2-4,7-14H2,1H3,(H,23,26). The van der Waals surface area contributed by atoms with E-state index >= 15 is 0 Å². The summed E-state index contributed by atoms with van der Waals surface area (Å²) in [5.41, 5.74) is 2.25. The zero-order valence-electron chi connectivity index (χ0n) is 15.8. The summed E-state index contributed by atoms with van der Waals surface area (Å²) in [5, 5.41) is 3.18. The number of piperidine rings is 2. The monoisotopic (exact) mass is 375 g/mol. The van der Waals surface area contributed by atoms with Gasteiger partial charge in [0.15, 0.2) is 0 Å². The maximum atomic E-state index is 11.8. The molecule has 1 aliphatic carbocycles. The lowest BCUT2D eigenvalue weighted by molar-refractivity contribution is 0.0306. The maximum absolute atomic E-state index is 11.8. The Kier molecular flexibility index (Phi) is 5.15. The molecule has 1 saturated carbocycles. The molecule has 0 unspecified atom stereocenters. The Morgan fingerprint density at radius 2 is 1.77 bits per heavy atom. The summed E-state index contributed by atoms with van der Waals surface area (Å²) < 4.78 is 0. The Hall–Kier alpha value is -1.26. The highest BCUT2D eigenvalue weighted by molar-refractivity contribution is 6.34. The van der Waals surface area contributed by atoms with E-state index in [2.05, 4.69) is 15.1 Å². The summed E-state index contributed by atoms with van der Waals surface area (Å²) in [6.07, 6.45) is 9.58. The molecule has 3 fully saturated rings. The molecule has 1 aromatic rings. The minimum atomic E-state index is -0.127. The van der Waals surface area contributed by atoms with Gasteiger partial charge in [0.05, 0.1) is 10.6 Å². The average Bonchev–Trinajstić information content (AvgIpc) is 2.62. The topological polar surface area (TPSA) is 35.6 Å². The molecule has 2 heterocycles. The lowest BCUT2D eigenvalue weighted by Gasteiger charge is -2.50. The van der Waals surface area contributed by atoms with Gasteiger partial charge in [-0.2, -0.15) is 0 Å². The van der Waals surface area contributed by atoms with E-state index < -0.39 is 0 Å². The van der Waals surface area contributed by atoms with Gasteiger partial charge in [-0.1, -0.05) is 18.0 Å². The van der Waals surface area contributed by atoms with Gasteiger partial charge in [0.1, 0.15) is 0 Å². The molecule has 0 atom stereocenters. The van der Waals surface area contributed by atoms with Crippen molar-refractivity contribution in [3.8, 4) is 0 Å². The number of hydrogen-bond acceptors (Lipinski definition) is 3. The molecular formula is C21H30ClN3O. The smallest absolute Gasteiger partial charge is 0.252 e. The van der Waals surface area contributed by atoms with Gasteiger partial charge >= 0.3 is 0 Å². The lowest BCUT2D eigenvalue weighted by Crippen LogP contribution is -2.50. The number of carbonyl (C=O) groups is 1. The Labute approximate surface area is 161 Å². The number of nitrogens with one attached hydrogen (secondary N) is 1. The van der Waals surface area contributed by atoms with E-state index in [4.69, 9.17) is 11.6 Å². The summed E-state index contributed by atoms with van der Waals surface area (Å²) in [6, 6.07) is 6.73. The average molecular weight is 376 g/mol. The van der Waals surface area contributed by atoms with E-state index in [0.29, 0.717) is 16.0 Å². The van der Waals surface area contributed by atoms with Crippen molar-refractivity contribution in [2.45, 2.75) is 51.0 Å². The normalized spacial score (nSPS) is 23.7. The Morgan fingerprint density at radius 3 is 2.31 bits per heavy atom. The van der Waals surface area contributed by atoms with Crippen molar-refractivity contribution in [3.63, 3.8) is 0 Å². The first kappa shape index (κ1) is 18.1. The summed E-state index contributed by atoms with van der Waals surface area (Å²) in [7, 11) is 1.63. The molecule has 0 radical (unpaired) electrons. The van der Waals surface area contributed by atoms with E-state index in [1.54, 1.807) is 7.05 Å². The molecule has 2 aliphatic heterocycles. The molecule has 4 nitrogen and oxygen atoms in total. The molecule has 2 saturated heterocycles. The van der Waals surface area contributed by atoms with Crippen molar-refractivity contribution in [3.05, 3.63) is 28.8 Å². The van der Waals surface area contributed by atoms with E-state index in [-0.39, 0.29) is 5.91 Å². The summed E-state index contributed by atoms with van der Waals surface area (Å²) >= 11 is 6.34. The molecule has 142 valence electrons. The van der Waals surface area contributed by atoms with E-state index in [1.807, 2.05) is 18.2 Å². The largest absolute Gasteiger partial charge is 0.371 e. The van der Waals surface area contributed by atoms with Crippen LogP contribution in [0, 0.1) is 5.41 Å². The maximum Gasteiger partial charge on any atom is 0.252 e. The summed E-state index contributed by atoms with van der Waals surface area (Å²) in [5.74, 6) is -0.127. The number of rotatable bonds is 3. The molecule has 26 heavy (non-hydrogen) atoms.